The summed E-state index contributed by atoms with van der Waals surface area (Å²) in [5.41, 5.74) is 0. The fraction of sp³-hybridized carbons (Fsp3) is 0.615. The Morgan fingerprint density at radius 3 is 2.48 bits per heavy atom. The number of furan rings is 1. The third-order valence-corrected chi connectivity index (χ3v) is 6.99. The van der Waals surface area contributed by atoms with Crippen LogP contribution in [0, 0.1) is 23.7 Å². The van der Waals surface area contributed by atoms with E-state index in [1.165, 1.54) is 25.3 Å². The van der Waals surface area contributed by atoms with Crippen molar-refractivity contribution >= 4 is 31.9 Å². The number of fused-ring (bicyclic) bond motifs is 5. The Balaban J connectivity index is 1.50. The molecule has 0 spiro atoms. The van der Waals surface area contributed by atoms with Gasteiger partial charge in [-0.2, -0.15) is 0 Å². The molecule has 0 aliphatic heterocycles. The molecule has 1 aromatic rings. The van der Waals surface area contributed by atoms with Crippen LogP contribution in [-0.2, 0) is 10.0 Å². The predicted molar refractivity (Wildman–Crippen MR) is 76.8 cm³/mol. The number of hydrogen-bond donors (Lipinski definition) is 2. The summed E-state index contributed by atoms with van der Waals surface area (Å²) in [5.74, 6) is 2.35. The molecule has 1 aromatic heterocycles. The number of rotatable bonds is 3. The number of carbonyl (C=O) groups excluding carboxylic acids is 1. The van der Waals surface area contributed by atoms with E-state index in [4.69, 9.17) is 9.56 Å². The van der Waals surface area contributed by atoms with Crippen molar-refractivity contribution in [3.8, 4) is 0 Å². The minimum atomic E-state index is -3.90. The van der Waals surface area contributed by atoms with Gasteiger partial charge in [-0.15, -0.1) is 0 Å². The fourth-order valence-corrected chi connectivity index (χ4v) is 5.90. The van der Waals surface area contributed by atoms with E-state index in [2.05, 4.69) is 21.2 Å². The van der Waals surface area contributed by atoms with Crippen molar-refractivity contribution in [3.63, 3.8) is 0 Å². The van der Waals surface area contributed by atoms with Crippen LogP contribution in [0.4, 0.5) is 0 Å². The number of nitrogens with one attached hydrogen (secondary N) is 1. The van der Waals surface area contributed by atoms with Crippen molar-refractivity contribution in [3.05, 3.63) is 16.5 Å². The maximum atomic E-state index is 12.2. The molecule has 0 saturated heterocycles. The van der Waals surface area contributed by atoms with Gasteiger partial charge in [-0.3, -0.25) is 4.79 Å². The van der Waals surface area contributed by atoms with Crippen LogP contribution in [0.1, 0.15) is 29.8 Å². The van der Waals surface area contributed by atoms with Crippen molar-refractivity contribution in [1.82, 2.24) is 5.32 Å². The van der Waals surface area contributed by atoms with Crippen molar-refractivity contribution < 1.29 is 17.6 Å². The number of carbonyl (C=O) groups is 1. The van der Waals surface area contributed by atoms with E-state index in [0.717, 1.165) is 11.8 Å². The van der Waals surface area contributed by atoms with Gasteiger partial charge in [-0.05, 0) is 58.9 Å². The van der Waals surface area contributed by atoms with Gasteiger partial charge in [-0.25, -0.2) is 13.6 Å². The zero-order valence-electron chi connectivity index (χ0n) is 11.1. The molecule has 2 bridgehead atoms. The molecule has 4 atom stereocenters. The summed E-state index contributed by atoms with van der Waals surface area (Å²) in [6.45, 7) is 0. The minimum Gasteiger partial charge on any atom is -0.443 e. The van der Waals surface area contributed by atoms with Crippen molar-refractivity contribution in [1.29, 1.82) is 0 Å². The van der Waals surface area contributed by atoms with Crippen LogP contribution in [-0.4, -0.2) is 20.4 Å². The molecule has 3 saturated carbocycles. The molecule has 4 rings (SSSR count). The van der Waals surface area contributed by atoms with E-state index in [1.54, 1.807) is 0 Å². The van der Waals surface area contributed by atoms with Gasteiger partial charge in [0.15, 0.2) is 10.4 Å². The maximum absolute atomic E-state index is 12.2. The summed E-state index contributed by atoms with van der Waals surface area (Å²) in [7, 11) is -3.90. The summed E-state index contributed by atoms with van der Waals surface area (Å²) in [6, 6.07) is 1.40. The quantitative estimate of drug-likeness (QED) is 0.835. The molecule has 0 aromatic carbocycles. The average molecular weight is 375 g/mol. The second-order valence-corrected chi connectivity index (χ2v) is 8.53. The van der Waals surface area contributed by atoms with Crippen LogP contribution >= 0.6 is 15.9 Å². The van der Waals surface area contributed by atoms with Crippen molar-refractivity contribution in [2.24, 2.45) is 28.8 Å². The maximum Gasteiger partial charge on any atom is 0.287 e. The standard InChI is InChI=1S/C13H15BrN2O4S/c14-12-8(21(15,18)19)4-7(20-12)13(17)16-11-9-5-1-2-6(3-5)10(9)11/h4-6,9-11H,1-3H2,(H,16,17)(H2,15,18,19). The molecule has 3 aliphatic carbocycles. The van der Waals surface area contributed by atoms with Gasteiger partial charge in [0.2, 0.25) is 10.0 Å². The second kappa shape index (κ2) is 4.33. The van der Waals surface area contributed by atoms with Crippen LogP contribution < -0.4 is 10.5 Å². The summed E-state index contributed by atoms with van der Waals surface area (Å²) >= 11 is 2.97. The number of nitrogens with two attached hydrogens (primary N) is 1. The number of hydrogen-bond acceptors (Lipinski definition) is 4. The lowest BCUT2D eigenvalue weighted by Gasteiger charge is -2.09. The zero-order chi connectivity index (χ0) is 14.9. The molecule has 1 heterocycles. The Morgan fingerprint density at radius 2 is 1.95 bits per heavy atom. The summed E-state index contributed by atoms with van der Waals surface area (Å²) < 4.78 is 27.8. The molecular formula is C13H15BrN2O4S. The largest absolute Gasteiger partial charge is 0.443 e. The van der Waals surface area contributed by atoms with E-state index in [1.807, 2.05) is 0 Å². The molecule has 21 heavy (non-hydrogen) atoms. The third-order valence-electron chi connectivity index (χ3n) is 5.22. The Kier molecular flexibility index (Phi) is 2.84. The molecule has 3 N–H and O–H groups in total. The highest BCUT2D eigenvalue weighted by molar-refractivity contribution is 9.10. The van der Waals surface area contributed by atoms with Gasteiger partial charge >= 0.3 is 0 Å². The minimum absolute atomic E-state index is 0.0248. The van der Waals surface area contributed by atoms with E-state index in [0.29, 0.717) is 11.8 Å². The molecular weight excluding hydrogens is 360 g/mol. The van der Waals surface area contributed by atoms with Crippen molar-refractivity contribution in [2.75, 3.05) is 0 Å². The summed E-state index contributed by atoms with van der Waals surface area (Å²) in [6.07, 6.45) is 3.86. The van der Waals surface area contributed by atoms with Crippen LogP contribution in [0.15, 0.2) is 20.0 Å². The first-order valence-corrected chi connectivity index (χ1v) is 9.33. The van der Waals surface area contributed by atoms with Gasteiger partial charge in [-0.1, -0.05) is 0 Å². The molecule has 8 heteroatoms. The van der Waals surface area contributed by atoms with Gasteiger partial charge in [0.05, 0.1) is 0 Å². The summed E-state index contributed by atoms with van der Waals surface area (Å²) in [4.78, 5) is 12.0. The average Bonchev–Trinajstić information content (AvgIpc) is 2.81. The highest BCUT2D eigenvalue weighted by atomic mass is 79.9. The van der Waals surface area contributed by atoms with Crippen LogP contribution in [0.5, 0.6) is 0 Å². The second-order valence-electron chi connectivity index (χ2n) is 6.28. The summed E-state index contributed by atoms with van der Waals surface area (Å²) in [5, 5.41) is 8.03. The Hall–Kier alpha value is -0.860. The first kappa shape index (κ1) is 13.8. The molecule has 3 aliphatic rings. The van der Waals surface area contributed by atoms with E-state index in [-0.39, 0.29) is 27.3 Å². The van der Waals surface area contributed by atoms with E-state index < -0.39 is 10.0 Å². The SMILES string of the molecule is NS(=O)(=O)c1cc(C(=O)NC2C3C4CCC(C4)C23)oc1Br. The fourth-order valence-electron chi connectivity index (χ4n) is 4.40. The van der Waals surface area contributed by atoms with Crippen LogP contribution in [0.3, 0.4) is 0 Å². The lowest BCUT2D eigenvalue weighted by Crippen LogP contribution is -2.29. The predicted octanol–water partition coefficient (Wildman–Crippen LogP) is 1.46. The van der Waals surface area contributed by atoms with Crippen molar-refractivity contribution in [2.45, 2.75) is 30.2 Å². The molecule has 4 unspecified atom stereocenters. The normalized spacial score (nSPS) is 36.6. The number of primary sulfonamides is 1. The number of halogens is 1. The zero-order valence-corrected chi connectivity index (χ0v) is 13.5. The highest BCUT2D eigenvalue weighted by Gasteiger charge is 2.65. The Morgan fingerprint density at radius 1 is 1.33 bits per heavy atom. The highest BCUT2D eigenvalue weighted by Crippen LogP contribution is 2.65. The number of sulfonamides is 1. The molecule has 6 nitrogen and oxygen atoms in total. The first-order chi connectivity index (χ1) is 9.86. The smallest absolute Gasteiger partial charge is 0.287 e. The molecule has 114 valence electrons. The van der Waals surface area contributed by atoms with Gasteiger partial charge in [0.25, 0.3) is 5.91 Å². The Bertz CT molecular complexity index is 713. The van der Waals surface area contributed by atoms with E-state index >= 15 is 0 Å². The van der Waals surface area contributed by atoms with Gasteiger partial charge in [0.1, 0.15) is 4.90 Å². The monoisotopic (exact) mass is 374 g/mol. The molecule has 0 radical (unpaired) electrons. The molecule has 1 amide bonds. The van der Waals surface area contributed by atoms with Crippen LogP contribution in [0.25, 0.3) is 0 Å². The topological polar surface area (TPSA) is 102 Å². The lowest BCUT2D eigenvalue weighted by molar-refractivity contribution is 0.0915. The third kappa shape index (κ3) is 2.07. The lowest BCUT2D eigenvalue weighted by atomic mass is 10.0. The number of amides is 1. The van der Waals surface area contributed by atoms with E-state index in [9.17, 15) is 13.2 Å². The van der Waals surface area contributed by atoms with Gasteiger partial charge < -0.3 is 9.73 Å². The first-order valence-electron chi connectivity index (χ1n) is 6.99. The Labute approximate surface area is 130 Å². The van der Waals surface area contributed by atoms with Crippen LogP contribution in [0.2, 0.25) is 0 Å². The van der Waals surface area contributed by atoms with Gasteiger partial charge in [0, 0.05) is 12.1 Å². The molecule has 3 fully saturated rings.